The Labute approximate surface area is 98.9 Å². The van der Waals surface area contributed by atoms with Crippen molar-refractivity contribution in [1.82, 2.24) is 4.98 Å². The van der Waals surface area contributed by atoms with Crippen molar-refractivity contribution in [2.45, 2.75) is 0 Å². The minimum atomic E-state index is 0.472. The molecule has 0 atom stereocenters. The highest BCUT2D eigenvalue weighted by molar-refractivity contribution is 9.10. The SMILES string of the molecule is O=Cc1cnc(Oc2ccc(Br)cc2)s1. The van der Waals surface area contributed by atoms with Gasteiger partial charge >= 0.3 is 0 Å². The lowest BCUT2D eigenvalue weighted by Crippen LogP contribution is -1.81. The molecule has 15 heavy (non-hydrogen) atoms. The van der Waals surface area contributed by atoms with Gasteiger partial charge in [-0.1, -0.05) is 27.3 Å². The number of ether oxygens (including phenoxy) is 1. The van der Waals surface area contributed by atoms with E-state index in [2.05, 4.69) is 20.9 Å². The average molecular weight is 284 g/mol. The monoisotopic (exact) mass is 283 g/mol. The molecule has 0 fully saturated rings. The van der Waals surface area contributed by atoms with Gasteiger partial charge in [0.2, 0.25) is 0 Å². The van der Waals surface area contributed by atoms with Crippen LogP contribution in [0.5, 0.6) is 10.9 Å². The van der Waals surface area contributed by atoms with Crippen LogP contribution in [0, 0.1) is 0 Å². The maximum absolute atomic E-state index is 10.4. The zero-order valence-corrected chi connectivity index (χ0v) is 9.92. The van der Waals surface area contributed by atoms with Gasteiger partial charge in [0, 0.05) is 4.47 Å². The molecule has 0 bridgehead atoms. The Morgan fingerprint density at radius 1 is 1.33 bits per heavy atom. The van der Waals surface area contributed by atoms with Crippen LogP contribution in [0.4, 0.5) is 0 Å². The van der Waals surface area contributed by atoms with Gasteiger partial charge in [-0.25, -0.2) is 4.98 Å². The fourth-order valence-electron chi connectivity index (χ4n) is 0.975. The van der Waals surface area contributed by atoms with E-state index in [-0.39, 0.29) is 0 Å². The number of aldehydes is 1. The molecular weight excluding hydrogens is 278 g/mol. The largest absolute Gasteiger partial charge is 0.431 e. The number of hydrogen-bond acceptors (Lipinski definition) is 4. The molecule has 76 valence electrons. The van der Waals surface area contributed by atoms with Crippen molar-refractivity contribution in [2.24, 2.45) is 0 Å². The Balaban J connectivity index is 2.14. The lowest BCUT2D eigenvalue weighted by atomic mass is 10.3. The van der Waals surface area contributed by atoms with Crippen LogP contribution in [-0.2, 0) is 0 Å². The van der Waals surface area contributed by atoms with E-state index >= 15 is 0 Å². The molecule has 0 aliphatic carbocycles. The Morgan fingerprint density at radius 2 is 2.07 bits per heavy atom. The molecule has 5 heteroatoms. The van der Waals surface area contributed by atoms with Crippen molar-refractivity contribution in [2.75, 3.05) is 0 Å². The molecule has 0 amide bonds. The van der Waals surface area contributed by atoms with E-state index in [4.69, 9.17) is 4.74 Å². The summed E-state index contributed by atoms with van der Waals surface area (Å²) in [6.07, 6.45) is 2.25. The van der Waals surface area contributed by atoms with Gasteiger partial charge in [-0.3, -0.25) is 4.79 Å². The second kappa shape index (κ2) is 4.55. The van der Waals surface area contributed by atoms with Gasteiger partial charge in [-0.15, -0.1) is 0 Å². The first-order valence-corrected chi connectivity index (χ1v) is 5.73. The molecule has 1 aromatic heterocycles. The molecule has 0 aliphatic heterocycles. The van der Waals surface area contributed by atoms with Crippen molar-refractivity contribution in [3.8, 4) is 10.9 Å². The van der Waals surface area contributed by atoms with Gasteiger partial charge in [-0.2, -0.15) is 0 Å². The summed E-state index contributed by atoms with van der Waals surface area (Å²) in [4.78, 5) is 14.9. The van der Waals surface area contributed by atoms with Gasteiger partial charge in [0.25, 0.3) is 5.19 Å². The Kier molecular flexibility index (Phi) is 3.13. The molecule has 3 nitrogen and oxygen atoms in total. The van der Waals surface area contributed by atoms with Crippen LogP contribution in [0.15, 0.2) is 34.9 Å². The first-order chi connectivity index (χ1) is 7.28. The Morgan fingerprint density at radius 3 is 2.67 bits per heavy atom. The quantitative estimate of drug-likeness (QED) is 0.810. The highest BCUT2D eigenvalue weighted by Gasteiger charge is 2.03. The van der Waals surface area contributed by atoms with Crippen molar-refractivity contribution < 1.29 is 9.53 Å². The number of halogens is 1. The van der Waals surface area contributed by atoms with E-state index in [9.17, 15) is 4.79 Å². The molecule has 1 aromatic carbocycles. The molecule has 0 saturated heterocycles. The van der Waals surface area contributed by atoms with Crippen LogP contribution in [0.2, 0.25) is 0 Å². The second-order valence-corrected chi connectivity index (χ2v) is 4.64. The smallest absolute Gasteiger partial charge is 0.279 e. The minimum Gasteiger partial charge on any atom is -0.431 e. The predicted octanol–water partition coefficient (Wildman–Crippen LogP) is 3.51. The first kappa shape index (κ1) is 10.3. The van der Waals surface area contributed by atoms with E-state index in [0.29, 0.717) is 15.8 Å². The normalized spacial score (nSPS) is 9.93. The molecule has 2 aromatic rings. The van der Waals surface area contributed by atoms with Crippen molar-refractivity contribution in [3.05, 3.63) is 39.8 Å². The summed E-state index contributed by atoms with van der Waals surface area (Å²) in [6.45, 7) is 0. The third kappa shape index (κ3) is 2.64. The summed E-state index contributed by atoms with van der Waals surface area (Å²) >= 11 is 4.55. The zero-order valence-electron chi connectivity index (χ0n) is 7.51. The third-order valence-corrected chi connectivity index (χ3v) is 2.97. The van der Waals surface area contributed by atoms with Crippen LogP contribution < -0.4 is 4.74 Å². The topological polar surface area (TPSA) is 39.2 Å². The summed E-state index contributed by atoms with van der Waals surface area (Å²) in [6, 6.07) is 7.41. The highest BCUT2D eigenvalue weighted by atomic mass is 79.9. The second-order valence-electron chi connectivity index (χ2n) is 2.70. The van der Waals surface area contributed by atoms with Crippen molar-refractivity contribution >= 4 is 33.6 Å². The summed E-state index contributed by atoms with van der Waals surface area (Å²) in [5.41, 5.74) is 0. The third-order valence-electron chi connectivity index (χ3n) is 1.64. The van der Waals surface area contributed by atoms with Gasteiger partial charge < -0.3 is 4.74 Å². The maximum atomic E-state index is 10.4. The van der Waals surface area contributed by atoms with E-state index in [1.807, 2.05) is 24.3 Å². The van der Waals surface area contributed by atoms with E-state index in [1.165, 1.54) is 17.5 Å². The fourth-order valence-corrected chi connectivity index (χ4v) is 1.84. The molecular formula is C10H6BrNO2S. The number of benzene rings is 1. The molecule has 2 rings (SSSR count). The van der Waals surface area contributed by atoms with Crippen molar-refractivity contribution in [3.63, 3.8) is 0 Å². The molecule has 0 unspecified atom stereocenters. The Bertz CT molecular complexity index is 467. The zero-order chi connectivity index (χ0) is 10.7. The summed E-state index contributed by atoms with van der Waals surface area (Å²) < 4.78 is 6.43. The van der Waals surface area contributed by atoms with Crippen LogP contribution in [0.25, 0.3) is 0 Å². The number of carbonyl (C=O) groups excluding carboxylic acids is 1. The molecule has 0 N–H and O–H groups in total. The van der Waals surface area contributed by atoms with E-state index < -0.39 is 0 Å². The summed E-state index contributed by atoms with van der Waals surface area (Å²) in [7, 11) is 0. The van der Waals surface area contributed by atoms with Crippen LogP contribution in [-0.4, -0.2) is 11.3 Å². The summed E-state index contributed by atoms with van der Waals surface area (Å²) in [5.74, 6) is 0.699. The van der Waals surface area contributed by atoms with E-state index in [1.54, 1.807) is 0 Å². The molecule has 0 radical (unpaired) electrons. The number of aromatic nitrogens is 1. The number of hydrogen-bond donors (Lipinski definition) is 0. The average Bonchev–Trinajstić information content (AvgIpc) is 2.69. The standard InChI is InChI=1S/C10H6BrNO2S/c11-7-1-3-8(4-2-7)14-10-12-5-9(6-13)15-10/h1-6H. The fraction of sp³-hybridized carbons (Fsp3) is 0. The molecule has 1 heterocycles. The molecule has 0 saturated carbocycles. The first-order valence-electron chi connectivity index (χ1n) is 4.12. The number of rotatable bonds is 3. The maximum Gasteiger partial charge on any atom is 0.279 e. The van der Waals surface area contributed by atoms with Gasteiger partial charge in [0.1, 0.15) is 5.75 Å². The Hall–Kier alpha value is -1.20. The number of carbonyl (C=O) groups is 1. The van der Waals surface area contributed by atoms with Crippen LogP contribution >= 0.6 is 27.3 Å². The lowest BCUT2D eigenvalue weighted by molar-refractivity contribution is 0.112. The molecule has 0 spiro atoms. The molecule has 0 aliphatic rings. The number of nitrogens with zero attached hydrogens (tertiary/aromatic N) is 1. The van der Waals surface area contributed by atoms with Crippen molar-refractivity contribution in [1.29, 1.82) is 0 Å². The van der Waals surface area contributed by atoms with Gasteiger partial charge in [0.15, 0.2) is 6.29 Å². The van der Waals surface area contributed by atoms with Crippen LogP contribution in [0.1, 0.15) is 9.67 Å². The highest BCUT2D eigenvalue weighted by Crippen LogP contribution is 2.26. The van der Waals surface area contributed by atoms with Gasteiger partial charge in [0.05, 0.1) is 11.1 Å². The predicted molar refractivity (Wildman–Crippen MR) is 61.7 cm³/mol. The van der Waals surface area contributed by atoms with E-state index in [0.717, 1.165) is 10.8 Å². The summed E-state index contributed by atoms with van der Waals surface area (Å²) in [5, 5.41) is 0.472. The lowest BCUT2D eigenvalue weighted by Gasteiger charge is -2.00. The number of thiazole rings is 1. The van der Waals surface area contributed by atoms with Crippen LogP contribution in [0.3, 0.4) is 0 Å². The minimum absolute atomic E-state index is 0.472. The van der Waals surface area contributed by atoms with Gasteiger partial charge in [-0.05, 0) is 24.3 Å².